The average Bonchev–Trinajstić information content (AvgIpc) is 2.26. The predicted molar refractivity (Wildman–Crippen MR) is 68.0 cm³/mol. The molecule has 4 heteroatoms. The monoisotopic (exact) mass is 232 g/mol. The molecule has 0 aliphatic rings. The van der Waals surface area contributed by atoms with Gasteiger partial charge < -0.3 is 16.2 Å². The summed E-state index contributed by atoms with van der Waals surface area (Å²) in [5.41, 5.74) is 12.6. The minimum absolute atomic E-state index is 0.422. The number of hydrogen-bond acceptors (Lipinski definition) is 4. The summed E-state index contributed by atoms with van der Waals surface area (Å²) in [6.07, 6.45) is 3.31. The number of carbonyl (C=O) groups excluding carboxylic acids is 1. The van der Waals surface area contributed by atoms with Crippen molar-refractivity contribution in [3.63, 3.8) is 0 Å². The first-order valence-corrected chi connectivity index (χ1v) is 5.17. The SMILES string of the molecule is C/C(N)=C\C=C(/C)OC(=O)c1cccc(N)c1. The maximum absolute atomic E-state index is 11.7. The fourth-order valence-electron chi connectivity index (χ4n) is 1.15. The van der Waals surface area contributed by atoms with Gasteiger partial charge in [0, 0.05) is 11.4 Å². The van der Waals surface area contributed by atoms with Crippen molar-refractivity contribution in [2.45, 2.75) is 13.8 Å². The van der Waals surface area contributed by atoms with Crippen molar-refractivity contribution < 1.29 is 9.53 Å². The Morgan fingerprint density at radius 1 is 1.29 bits per heavy atom. The minimum atomic E-state index is -0.436. The van der Waals surface area contributed by atoms with Gasteiger partial charge in [0.05, 0.1) is 5.56 Å². The molecule has 0 heterocycles. The second-order valence-electron chi connectivity index (χ2n) is 3.70. The molecule has 0 bridgehead atoms. The van der Waals surface area contributed by atoms with Gasteiger partial charge in [0.25, 0.3) is 0 Å². The molecule has 0 unspecified atom stereocenters. The fourth-order valence-corrected chi connectivity index (χ4v) is 1.15. The zero-order chi connectivity index (χ0) is 12.8. The van der Waals surface area contributed by atoms with E-state index in [1.807, 2.05) is 0 Å². The summed E-state index contributed by atoms with van der Waals surface area (Å²) in [4.78, 5) is 11.7. The van der Waals surface area contributed by atoms with Crippen LogP contribution in [0.2, 0.25) is 0 Å². The van der Waals surface area contributed by atoms with E-state index in [9.17, 15) is 4.79 Å². The maximum Gasteiger partial charge on any atom is 0.343 e. The molecule has 0 fully saturated rings. The minimum Gasteiger partial charge on any atom is -0.428 e. The van der Waals surface area contributed by atoms with Gasteiger partial charge in [-0.25, -0.2) is 4.79 Å². The first-order valence-electron chi connectivity index (χ1n) is 5.17. The van der Waals surface area contributed by atoms with Gasteiger partial charge in [-0.2, -0.15) is 0 Å². The van der Waals surface area contributed by atoms with Crippen LogP contribution in [0.15, 0.2) is 47.9 Å². The number of rotatable bonds is 3. The van der Waals surface area contributed by atoms with Gasteiger partial charge in [-0.15, -0.1) is 0 Å². The number of anilines is 1. The molecule has 0 saturated carbocycles. The van der Waals surface area contributed by atoms with Gasteiger partial charge in [-0.05, 0) is 44.2 Å². The molecule has 0 aromatic heterocycles. The standard InChI is InChI=1S/C13H16N2O2/c1-9(14)6-7-10(2)17-13(16)11-4-3-5-12(15)8-11/h3-8H,14-15H2,1-2H3/b9-6+,10-7+. The molecule has 0 aliphatic heterocycles. The Morgan fingerprint density at radius 3 is 2.59 bits per heavy atom. The van der Waals surface area contributed by atoms with Gasteiger partial charge >= 0.3 is 5.97 Å². The van der Waals surface area contributed by atoms with Crippen molar-refractivity contribution in [1.82, 2.24) is 0 Å². The zero-order valence-electron chi connectivity index (χ0n) is 9.94. The van der Waals surface area contributed by atoms with E-state index < -0.39 is 5.97 Å². The third-order valence-electron chi connectivity index (χ3n) is 1.96. The van der Waals surface area contributed by atoms with Crippen molar-refractivity contribution in [2.24, 2.45) is 5.73 Å². The van der Waals surface area contributed by atoms with Gasteiger partial charge in [-0.1, -0.05) is 6.07 Å². The highest BCUT2D eigenvalue weighted by atomic mass is 16.5. The molecule has 0 spiro atoms. The smallest absolute Gasteiger partial charge is 0.343 e. The Bertz CT molecular complexity index is 472. The van der Waals surface area contributed by atoms with E-state index in [4.69, 9.17) is 16.2 Å². The van der Waals surface area contributed by atoms with Crippen LogP contribution in [0.1, 0.15) is 24.2 Å². The quantitative estimate of drug-likeness (QED) is 0.362. The predicted octanol–water partition coefficient (Wildman–Crippen LogP) is 2.19. The van der Waals surface area contributed by atoms with Crippen molar-refractivity contribution in [2.75, 3.05) is 5.73 Å². The largest absolute Gasteiger partial charge is 0.428 e. The number of nitrogens with two attached hydrogens (primary N) is 2. The molecule has 1 rings (SSSR count). The van der Waals surface area contributed by atoms with E-state index in [0.29, 0.717) is 22.7 Å². The summed E-state index contributed by atoms with van der Waals surface area (Å²) in [5.74, 6) is 0.0383. The number of benzene rings is 1. The topological polar surface area (TPSA) is 78.3 Å². The van der Waals surface area contributed by atoms with Crippen molar-refractivity contribution in [3.8, 4) is 0 Å². The molecule has 4 nitrogen and oxygen atoms in total. The molecule has 0 aliphatic carbocycles. The molecule has 90 valence electrons. The van der Waals surface area contributed by atoms with Crippen LogP contribution in [0.3, 0.4) is 0 Å². The Kier molecular flexibility index (Phi) is 4.34. The summed E-state index contributed by atoms with van der Waals surface area (Å²) in [6.45, 7) is 3.44. The highest BCUT2D eigenvalue weighted by molar-refractivity contribution is 5.91. The van der Waals surface area contributed by atoms with Crippen molar-refractivity contribution in [1.29, 1.82) is 0 Å². The number of carbonyl (C=O) groups is 1. The van der Waals surface area contributed by atoms with Crippen molar-refractivity contribution in [3.05, 3.63) is 53.4 Å². The molecular weight excluding hydrogens is 216 g/mol. The van der Waals surface area contributed by atoms with Crippen molar-refractivity contribution >= 4 is 11.7 Å². The van der Waals surface area contributed by atoms with Crippen LogP contribution in [0, 0.1) is 0 Å². The number of allylic oxidation sites excluding steroid dienone is 4. The molecule has 0 atom stereocenters. The highest BCUT2D eigenvalue weighted by Gasteiger charge is 2.07. The normalized spacial score (nSPS) is 12.4. The Balaban J connectivity index is 2.73. The second-order valence-corrected chi connectivity index (χ2v) is 3.70. The molecule has 17 heavy (non-hydrogen) atoms. The third-order valence-corrected chi connectivity index (χ3v) is 1.96. The highest BCUT2D eigenvalue weighted by Crippen LogP contribution is 2.10. The average molecular weight is 232 g/mol. The summed E-state index contributed by atoms with van der Waals surface area (Å²) in [7, 11) is 0. The van der Waals surface area contributed by atoms with Crippen LogP contribution >= 0.6 is 0 Å². The summed E-state index contributed by atoms with van der Waals surface area (Å²) in [5, 5.41) is 0. The summed E-state index contributed by atoms with van der Waals surface area (Å²) >= 11 is 0. The lowest BCUT2D eigenvalue weighted by molar-refractivity contribution is 0.0626. The van der Waals surface area contributed by atoms with Crippen LogP contribution in [-0.4, -0.2) is 5.97 Å². The molecular formula is C13H16N2O2. The Hall–Kier alpha value is -2.23. The van der Waals surface area contributed by atoms with Gasteiger partial charge in [0.1, 0.15) is 5.76 Å². The van der Waals surface area contributed by atoms with Crippen LogP contribution in [-0.2, 0) is 4.74 Å². The van der Waals surface area contributed by atoms with E-state index in [1.54, 1.807) is 50.3 Å². The van der Waals surface area contributed by atoms with Crippen LogP contribution in [0.25, 0.3) is 0 Å². The van der Waals surface area contributed by atoms with Gasteiger partial charge in [0.2, 0.25) is 0 Å². The van der Waals surface area contributed by atoms with E-state index in [-0.39, 0.29) is 0 Å². The maximum atomic E-state index is 11.7. The Morgan fingerprint density at radius 2 is 2.00 bits per heavy atom. The van der Waals surface area contributed by atoms with Crippen LogP contribution in [0.5, 0.6) is 0 Å². The number of esters is 1. The third kappa shape index (κ3) is 4.42. The van der Waals surface area contributed by atoms with E-state index in [2.05, 4.69) is 0 Å². The zero-order valence-corrected chi connectivity index (χ0v) is 9.94. The second kappa shape index (κ2) is 5.75. The summed E-state index contributed by atoms with van der Waals surface area (Å²) < 4.78 is 5.11. The van der Waals surface area contributed by atoms with Crippen LogP contribution in [0.4, 0.5) is 5.69 Å². The fraction of sp³-hybridized carbons (Fsp3) is 0.154. The molecule has 0 radical (unpaired) electrons. The lowest BCUT2D eigenvalue weighted by Gasteiger charge is -2.04. The van der Waals surface area contributed by atoms with E-state index in [1.165, 1.54) is 0 Å². The Labute approximate surface area is 101 Å². The lowest BCUT2D eigenvalue weighted by Crippen LogP contribution is -2.04. The lowest BCUT2D eigenvalue weighted by atomic mass is 10.2. The molecule has 1 aromatic rings. The summed E-state index contributed by atoms with van der Waals surface area (Å²) in [6, 6.07) is 6.63. The van der Waals surface area contributed by atoms with Crippen LogP contribution < -0.4 is 11.5 Å². The molecule has 4 N–H and O–H groups in total. The van der Waals surface area contributed by atoms with Gasteiger partial charge in [0.15, 0.2) is 0 Å². The van der Waals surface area contributed by atoms with E-state index >= 15 is 0 Å². The first-order chi connectivity index (χ1) is 7.99. The van der Waals surface area contributed by atoms with Gasteiger partial charge in [-0.3, -0.25) is 0 Å². The first kappa shape index (κ1) is 12.8. The molecule has 0 saturated heterocycles. The number of nitrogen functional groups attached to an aromatic ring is 1. The number of hydrogen-bond donors (Lipinski definition) is 2. The molecule has 0 amide bonds. The van der Waals surface area contributed by atoms with E-state index in [0.717, 1.165) is 0 Å². The number of ether oxygens (including phenoxy) is 1. The molecule has 1 aromatic carbocycles.